The van der Waals surface area contributed by atoms with Crippen molar-refractivity contribution in [3.8, 4) is 0 Å². The molecule has 0 radical (unpaired) electrons. The predicted octanol–water partition coefficient (Wildman–Crippen LogP) is 5.29. The molecule has 5 heteroatoms. The van der Waals surface area contributed by atoms with Gasteiger partial charge in [-0.25, -0.2) is 0 Å². The Hall–Kier alpha value is -0.550. The average molecular weight is 362 g/mol. The van der Waals surface area contributed by atoms with Gasteiger partial charge in [-0.1, -0.05) is 28.4 Å². The third-order valence-electron chi connectivity index (χ3n) is 5.17. The zero-order valence-electron chi connectivity index (χ0n) is 11.7. The molecule has 0 aliphatic heterocycles. The number of rotatable bonds is 3. The van der Waals surface area contributed by atoms with Gasteiger partial charge in [-0.15, -0.1) is 0 Å². The van der Waals surface area contributed by atoms with Crippen LogP contribution in [0.15, 0.2) is 22.7 Å². The van der Waals surface area contributed by atoms with E-state index in [9.17, 15) is 13.2 Å². The minimum Gasteiger partial charge on any atom is -0.324 e. The van der Waals surface area contributed by atoms with E-state index in [1.807, 2.05) is 0 Å². The first-order valence-corrected chi connectivity index (χ1v) is 8.26. The third kappa shape index (κ3) is 3.14. The summed E-state index contributed by atoms with van der Waals surface area (Å²) in [4.78, 5) is 0. The summed E-state index contributed by atoms with van der Waals surface area (Å²) in [7, 11) is 0. The van der Waals surface area contributed by atoms with Gasteiger partial charge in [0.05, 0.1) is 5.56 Å². The zero-order valence-corrected chi connectivity index (χ0v) is 13.3. The number of halogens is 4. The van der Waals surface area contributed by atoms with E-state index in [-0.39, 0.29) is 10.5 Å². The van der Waals surface area contributed by atoms with E-state index < -0.39 is 11.7 Å². The van der Waals surface area contributed by atoms with Crippen molar-refractivity contribution in [1.29, 1.82) is 0 Å². The third-order valence-corrected chi connectivity index (χ3v) is 5.86. The van der Waals surface area contributed by atoms with E-state index in [2.05, 4.69) is 15.9 Å². The second-order valence-corrected chi connectivity index (χ2v) is 7.37. The second-order valence-electron chi connectivity index (χ2n) is 6.51. The Morgan fingerprint density at radius 3 is 2.57 bits per heavy atom. The van der Waals surface area contributed by atoms with Crippen molar-refractivity contribution < 1.29 is 13.2 Å². The van der Waals surface area contributed by atoms with Crippen LogP contribution in [0.25, 0.3) is 0 Å². The summed E-state index contributed by atoms with van der Waals surface area (Å²) < 4.78 is 38.9. The number of hydrogen-bond acceptors (Lipinski definition) is 1. The van der Waals surface area contributed by atoms with Gasteiger partial charge in [-0.3, -0.25) is 0 Å². The lowest BCUT2D eigenvalue weighted by Gasteiger charge is -2.25. The van der Waals surface area contributed by atoms with Crippen LogP contribution in [0.3, 0.4) is 0 Å². The zero-order chi connectivity index (χ0) is 15.2. The molecule has 21 heavy (non-hydrogen) atoms. The van der Waals surface area contributed by atoms with Crippen LogP contribution >= 0.6 is 15.9 Å². The summed E-state index contributed by atoms with van der Waals surface area (Å²) >= 11 is 2.97. The van der Waals surface area contributed by atoms with Crippen molar-refractivity contribution in [1.82, 2.24) is 0 Å². The SMILES string of the molecule is NC(CC1CC2CCC1C2)c1ccc(Br)c(C(F)(F)F)c1. The number of hydrogen-bond donors (Lipinski definition) is 1. The van der Waals surface area contributed by atoms with Crippen LogP contribution in [-0.2, 0) is 6.18 Å². The van der Waals surface area contributed by atoms with Gasteiger partial charge in [-0.2, -0.15) is 13.2 Å². The summed E-state index contributed by atoms with van der Waals surface area (Å²) in [5, 5.41) is 0. The van der Waals surface area contributed by atoms with Crippen LogP contribution in [0.1, 0.15) is 49.3 Å². The summed E-state index contributed by atoms with van der Waals surface area (Å²) in [6, 6.07) is 4.06. The Labute approximate surface area is 131 Å². The highest BCUT2D eigenvalue weighted by molar-refractivity contribution is 9.10. The molecule has 0 amide bonds. The lowest BCUT2D eigenvalue weighted by molar-refractivity contribution is -0.138. The molecule has 0 saturated heterocycles. The molecule has 2 saturated carbocycles. The molecule has 1 nitrogen and oxygen atoms in total. The van der Waals surface area contributed by atoms with Gasteiger partial charge in [0.2, 0.25) is 0 Å². The first kappa shape index (κ1) is 15.3. The molecule has 4 atom stereocenters. The Balaban J connectivity index is 1.74. The molecule has 2 aliphatic rings. The quantitative estimate of drug-likeness (QED) is 0.777. The number of fused-ring (bicyclic) bond motifs is 2. The fraction of sp³-hybridized carbons (Fsp3) is 0.625. The Kier molecular flexibility index (Phi) is 4.08. The van der Waals surface area contributed by atoms with Crippen molar-refractivity contribution in [3.63, 3.8) is 0 Å². The molecule has 1 aromatic rings. The van der Waals surface area contributed by atoms with Crippen LogP contribution in [0.5, 0.6) is 0 Å². The van der Waals surface area contributed by atoms with Gasteiger partial charge in [0.25, 0.3) is 0 Å². The second kappa shape index (κ2) is 5.58. The summed E-state index contributed by atoms with van der Waals surface area (Å²) in [5.41, 5.74) is 6.14. The number of alkyl halides is 3. The molecule has 2 aliphatic carbocycles. The van der Waals surface area contributed by atoms with E-state index in [0.717, 1.165) is 18.3 Å². The normalized spacial score (nSPS) is 29.9. The molecule has 0 heterocycles. The smallest absolute Gasteiger partial charge is 0.324 e. The van der Waals surface area contributed by atoms with Crippen LogP contribution in [-0.4, -0.2) is 0 Å². The molecule has 2 fully saturated rings. The van der Waals surface area contributed by atoms with Crippen molar-refractivity contribution in [2.45, 2.75) is 44.3 Å². The lowest BCUT2D eigenvalue weighted by Crippen LogP contribution is -2.20. The van der Waals surface area contributed by atoms with E-state index >= 15 is 0 Å². The molecule has 0 aromatic heterocycles. The minimum absolute atomic E-state index is 0.0749. The maximum absolute atomic E-state index is 12.9. The Morgan fingerprint density at radius 2 is 2.00 bits per heavy atom. The Bertz CT molecular complexity index is 529. The highest BCUT2D eigenvalue weighted by atomic mass is 79.9. The van der Waals surface area contributed by atoms with Crippen LogP contribution < -0.4 is 5.73 Å². The Morgan fingerprint density at radius 1 is 1.24 bits per heavy atom. The first-order valence-electron chi connectivity index (χ1n) is 7.47. The highest BCUT2D eigenvalue weighted by Crippen LogP contribution is 2.50. The van der Waals surface area contributed by atoms with Gasteiger partial charge < -0.3 is 5.73 Å². The van der Waals surface area contributed by atoms with Gasteiger partial charge in [0.1, 0.15) is 0 Å². The summed E-state index contributed by atoms with van der Waals surface area (Å²) in [6.07, 6.45) is 1.57. The minimum atomic E-state index is -4.35. The molecule has 1 aromatic carbocycles. The molecule has 2 N–H and O–H groups in total. The molecule has 116 valence electrons. The summed E-state index contributed by atoms with van der Waals surface area (Å²) in [6.45, 7) is 0. The fourth-order valence-corrected chi connectivity index (χ4v) is 4.59. The van der Waals surface area contributed by atoms with E-state index in [0.29, 0.717) is 11.5 Å². The van der Waals surface area contributed by atoms with Gasteiger partial charge in [0, 0.05) is 10.5 Å². The van der Waals surface area contributed by atoms with E-state index in [1.54, 1.807) is 6.07 Å². The van der Waals surface area contributed by atoms with Crippen molar-refractivity contribution in [2.24, 2.45) is 23.5 Å². The van der Waals surface area contributed by atoms with E-state index in [1.165, 1.54) is 37.8 Å². The van der Waals surface area contributed by atoms with Gasteiger partial charge >= 0.3 is 6.18 Å². The molecule has 2 bridgehead atoms. The molecule has 4 unspecified atom stereocenters. The van der Waals surface area contributed by atoms with Crippen molar-refractivity contribution in [2.75, 3.05) is 0 Å². The summed E-state index contributed by atoms with van der Waals surface area (Å²) in [5.74, 6) is 2.18. The predicted molar refractivity (Wildman–Crippen MR) is 79.6 cm³/mol. The standard InChI is InChI=1S/C16H19BrF3N/c17-14-4-3-11(7-13(14)16(18,19)20)15(21)8-12-6-9-1-2-10(12)5-9/h3-4,7,9-10,12,15H,1-2,5-6,8,21H2. The van der Waals surface area contributed by atoms with Crippen molar-refractivity contribution in [3.05, 3.63) is 33.8 Å². The van der Waals surface area contributed by atoms with Crippen LogP contribution in [0.4, 0.5) is 13.2 Å². The maximum Gasteiger partial charge on any atom is 0.417 e. The largest absolute Gasteiger partial charge is 0.417 e. The molecule has 3 rings (SSSR count). The number of benzene rings is 1. The first-order chi connectivity index (χ1) is 9.84. The molecular formula is C16H19BrF3N. The monoisotopic (exact) mass is 361 g/mol. The average Bonchev–Trinajstić information content (AvgIpc) is 3.00. The van der Waals surface area contributed by atoms with Gasteiger partial charge in [0.15, 0.2) is 0 Å². The van der Waals surface area contributed by atoms with Gasteiger partial charge in [-0.05, 0) is 61.1 Å². The van der Waals surface area contributed by atoms with Crippen LogP contribution in [0.2, 0.25) is 0 Å². The van der Waals surface area contributed by atoms with Crippen molar-refractivity contribution >= 4 is 15.9 Å². The molecular weight excluding hydrogens is 343 g/mol. The lowest BCUT2D eigenvalue weighted by atomic mass is 9.83. The number of nitrogens with two attached hydrogens (primary N) is 1. The topological polar surface area (TPSA) is 26.0 Å². The van der Waals surface area contributed by atoms with Crippen LogP contribution in [0, 0.1) is 17.8 Å². The molecule has 0 spiro atoms. The fourth-order valence-electron chi connectivity index (χ4n) is 4.12. The maximum atomic E-state index is 12.9. The van der Waals surface area contributed by atoms with E-state index in [4.69, 9.17) is 5.73 Å². The highest BCUT2D eigenvalue weighted by Gasteiger charge is 2.40.